The molecule has 0 spiro atoms. The molecule has 2 aromatic heterocycles. The number of alkyl halides is 3. The highest BCUT2D eigenvalue weighted by molar-refractivity contribution is 7.94. The van der Waals surface area contributed by atoms with Gasteiger partial charge in [0.05, 0.1) is 23.3 Å². The van der Waals surface area contributed by atoms with Gasteiger partial charge in [0.25, 0.3) is 0 Å². The van der Waals surface area contributed by atoms with Crippen molar-refractivity contribution in [3.8, 4) is 22.4 Å². The number of piperazine rings is 1. The van der Waals surface area contributed by atoms with Gasteiger partial charge in [-0.3, -0.25) is 0 Å². The van der Waals surface area contributed by atoms with Crippen molar-refractivity contribution in [3.63, 3.8) is 0 Å². The van der Waals surface area contributed by atoms with Crippen LogP contribution in [0.4, 0.5) is 29.3 Å². The summed E-state index contributed by atoms with van der Waals surface area (Å²) in [4.78, 5) is 24.9. The van der Waals surface area contributed by atoms with E-state index < -0.39 is 17.8 Å². The Morgan fingerprint density at radius 3 is 2.21 bits per heavy atom. The van der Waals surface area contributed by atoms with Crippen molar-refractivity contribution in [3.05, 3.63) is 78.6 Å². The Kier molecular flexibility index (Phi) is 7.88. The van der Waals surface area contributed by atoms with Crippen LogP contribution in [0.3, 0.4) is 0 Å². The molecular formula is C25H21F4N7O2S. The molecule has 0 unspecified atom stereocenters. The Morgan fingerprint density at radius 2 is 1.54 bits per heavy atom. The number of nitrogens with zero attached hydrogens (tertiary/aromatic N) is 6. The minimum atomic E-state index is -4.81. The van der Waals surface area contributed by atoms with E-state index in [9.17, 15) is 17.6 Å². The van der Waals surface area contributed by atoms with Crippen LogP contribution in [-0.2, 0) is 15.5 Å². The summed E-state index contributed by atoms with van der Waals surface area (Å²) in [6, 6.07) is 13.7. The fraction of sp³-hybridized carbons (Fsp3) is 0.200. The molecule has 1 saturated heterocycles. The monoisotopic (exact) mass is 559 g/mol. The summed E-state index contributed by atoms with van der Waals surface area (Å²) in [7, 11) is 0. The minimum absolute atomic E-state index is 0.0132. The van der Waals surface area contributed by atoms with Crippen molar-refractivity contribution in [2.24, 2.45) is 5.90 Å². The molecule has 1 aliphatic heterocycles. The number of halogens is 4. The summed E-state index contributed by atoms with van der Waals surface area (Å²) in [5.74, 6) is 3.77. The first-order valence-corrected chi connectivity index (χ1v) is 12.4. The van der Waals surface area contributed by atoms with Crippen LogP contribution < -0.4 is 15.7 Å². The van der Waals surface area contributed by atoms with E-state index in [1.807, 2.05) is 4.90 Å². The maximum Gasteiger partial charge on any atom is 0.451 e. The van der Waals surface area contributed by atoms with Crippen LogP contribution in [0.5, 0.6) is 0 Å². The molecule has 0 amide bonds. The van der Waals surface area contributed by atoms with E-state index in [4.69, 9.17) is 10.2 Å². The van der Waals surface area contributed by atoms with Gasteiger partial charge in [0, 0.05) is 49.0 Å². The van der Waals surface area contributed by atoms with Crippen LogP contribution in [0.25, 0.3) is 22.4 Å². The molecule has 0 bridgehead atoms. The number of benzene rings is 2. The van der Waals surface area contributed by atoms with Gasteiger partial charge in [0.15, 0.2) is 0 Å². The molecule has 3 heterocycles. The van der Waals surface area contributed by atoms with Crippen LogP contribution in [0.1, 0.15) is 5.82 Å². The lowest BCUT2D eigenvalue weighted by atomic mass is 9.98. The number of aromatic nitrogens is 4. The van der Waals surface area contributed by atoms with Crippen LogP contribution >= 0.6 is 12.0 Å². The topological polar surface area (TPSA) is 103 Å². The summed E-state index contributed by atoms with van der Waals surface area (Å²) in [5.41, 5.74) is 1.20. The Bertz CT molecular complexity index is 1420. The fourth-order valence-electron chi connectivity index (χ4n) is 4.22. The van der Waals surface area contributed by atoms with Crippen molar-refractivity contribution < 1.29 is 26.9 Å². The van der Waals surface area contributed by atoms with E-state index in [1.54, 1.807) is 47.6 Å². The van der Waals surface area contributed by atoms with E-state index in [0.717, 1.165) is 12.0 Å². The molecule has 5 rings (SSSR count). The molecule has 1 aliphatic rings. The number of nitrogens with two attached hydrogens (primary N) is 1. The van der Waals surface area contributed by atoms with Crippen molar-refractivity contribution in [2.45, 2.75) is 11.1 Å². The highest BCUT2D eigenvalue weighted by Gasteiger charge is 2.38. The average Bonchev–Trinajstić information content (AvgIpc) is 2.96. The largest absolute Gasteiger partial charge is 0.451 e. The molecule has 9 nitrogen and oxygen atoms in total. The molecule has 202 valence electrons. The van der Waals surface area contributed by atoms with E-state index in [2.05, 4.69) is 24.9 Å². The van der Waals surface area contributed by atoms with Gasteiger partial charge in [0.1, 0.15) is 11.6 Å². The summed E-state index contributed by atoms with van der Waals surface area (Å²) < 4.78 is 60.6. The third-order valence-electron chi connectivity index (χ3n) is 5.97. The second-order valence-corrected chi connectivity index (χ2v) is 9.17. The zero-order valence-corrected chi connectivity index (χ0v) is 21.0. The molecule has 1 fully saturated rings. The summed E-state index contributed by atoms with van der Waals surface area (Å²) >= 11 is 0.828. The standard InChI is InChI=1S/C25H21F4N7O2S/c26-18-7-5-16(6-8-18)21-20(17-3-1-4-19(15-17)39-38-37-30)22(34-23(33-21)25(27,28)29)35-11-13-36(14-12-35)24-31-9-2-10-32-24/h1-10,15H,11-14,30H2. The van der Waals surface area contributed by atoms with Gasteiger partial charge in [-0.05, 0) is 48.0 Å². The number of hydrogen-bond acceptors (Lipinski definition) is 10. The lowest BCUT2D eigenvalue weighted by Crippen LogP contribution is -2.47. The molecule has 0 aliphatic carbocycles. The molecule has 39 heavy (non-hydrogen) atoms. The summed E-state index contributed by atoms with van der Waals surface area (Å²) in [6.07, 6.45) is -1.55. The maximum absolute atomic E-state index is 14.0. The Hall–Kier alpha value is -3.85. The van der Waals surface area contributed by atoms with Crippen LogP contribution in [0.15, 0.2) is 71.9 Å². The first-order valence-electron chi connectivity index (χ1n) is 11.7. The maximum atomic E-state index is 14.0. The third kappa shape index (κ3) is 6.09. The Labute approximate surface area is 224 Å². The molecule has 0 atom stereocenters. The predicted octanol–water partition coefficient (Wildman–Crippen LogP) is 4.91. The summed E-state index contributed by atoms with van der Waals surface area (Å²) in [6.45, 7) is 1.61. The Balaban J connectivity index is 1.64. The average molecular weight is 560 g/mol. The van der Waals surface area contributed by atoms with Gasteiger partial charge in [0.2, 0.25) is 11.8 Å². The van der Waals surface area contributed by atoms with Gasteiger partial charge in [-0.15, -0.1) is 9.32 Å². The number of anilines is 2. The lowest BCUT2D eigenvalue weighted by molar-refractivity contribution is -0.195. The van der Waals surface area contributed by atoms with Gasteiger partial charge in [-0.2, -0.15) is 19.1 Å². The van der Waals surface area contributed by atoms with Gasteiger partial charge in [-0.1, -0.05) is 12.1 Å². The van der Waals surface area contributed by atoms with Crippen molar-refractivity contribution in [1.29, 1.82) is 0 Å². The van der Waals surface area contributed by atoms with E-state index in [-0.39, 0.29) is 11.5 Å². The molecule has 0 radical (unpaired) electrons. The highest BCUT2D eigenvalue weighted by atomic mass is 32.2. The normalized spacial score (nSPS) is 14.1. The molecule has 2 N–H and O–H groups in total. The molecule has 2 aromatic carbocycles. The third-order valence-corrected chi connectivity index (χ3v) is 6.56. The SMILES string of the molecule is NOOSc1cccc(-c2c(-c3ccc(F)cc3)nc(C(F)(F)F)nc2N2CCN(c3ncccn3)CC2)c1. The first-order chi connectivity index (χ1) is 18.8. The highest BCUT2D eigenvalue weighted by Crippen LogP contribution is 2.41. The fourth-order valence-corrected chi connectivity index (χ4v) is 4.65. The second-order valence-electron chi connectivity index (χ2n) is 8.40. The van der Waals surface area contributed by atoms with Gasteiger partial charge >= 0.3 is 6.18 Å². The molecule has 4 aromatic rings. The van der Waals surface area contributed by atoms with Gasteiger partial charge < -0.3 is 9.80 Å². The van der Waals surface area contributed by atoms with Crippen molar-refractivity contribution in [2.75, 3.05) is 36.0 Å². The summed E-state index contributed by atoms with van der Waals surface area (Å²) in [5, 5.41) is 0. The van der Waals surface area contributed by atoms with Crippen LogP contribution in [-0.4, -0.2) is 46.1 Å². The molecule has 14 heteroatoms. The second kappa shape index (κ2) is 11.5. The Morgan fingerprint density at radius 1 is 0.846 bits per heavy atom. The van der Waals surface area contributed by atoms with Crippen molar-refractivity contribution >= 4 is 23.8 Å². The van der Waals surface area contributed by atoms with Gasteiger partial charge in [-0.25, -0.2) is 24.3 Å². The first kappa shape index (κ1) is 26.7. The zero-order chi connectivity index (χ0) is 27.4. The zero-order valence-electron chi connectivity index (χ0n) is 20.2. The van der Waals surface area contributed by atoms with Crippen molar-refractivity contribution in [1.82, 2.24) is 19.9 Å². The predicted molar refractivity (Wildman–Crippen MR) is 137 cm³/mol. The van der Waals surface area contributed by atoms with E-state index in [1.165, 1.54) is 24.3 Å². The van der Waals surface area contributed by atoms with E-state index in [0.29, 0.717) is 53.7 Å². The smallest absolute Gasteiger partial charge is 0.352 e. The van der Waals surface area contributed by atoms with Crippen LogP contribution in [0.2, 0.25) is 0 Å². The van der Waals surface area contributed by atoms with Crippen LogP contribution in [0, 0.1) is 5.82 Å². The molecule has 0 saturated carbocycles. The molecular weight excluding hydrogens is 538 g/mol. The number of rotatable bonds is 7. The minimum Gasteiger partial charge on any atom is -0.352 e. The lowest BCUT2D eigenvalue weighted by Gasteiger charge is -2.36. The quantitative estimate of drug-likeness (QED) is 0.145. The number of hydrogen-bond donors (Lipinski definition) is 1. The van der Waals surface area contributed by atoms with E-state index >= 15 is 0 Å².